The molecule has 0 radical (unpaired) electrons. The van der Waals surface area contributed by atoms with E-state index in [9.17, 15) is 0 Å². The molecule has 0 N–H and O–H groups in total. The lowest BCUT2D eigenvalue weighted by Crippen LogP contribution is -2.14. The Morgan fingerprint density at radius 2 is 1.61 bits per heavy atom. The first-order valence-electron chi connectivity index (χ1n) is 5.51. The summed E-state index contributed by atoms with van der Waals surface area (Å²) in [5, 5.41) is 1.17. The summed E-state index contributed by atoms with van der Waals surface area (Å²) in [5.74, 6) is 0.566. The van der Waals surface area contributed by atoms with Crippen LogP contribution in [0.15, 0.2) is 24.8 Å². The summed E-state index contributed by atoms with van der Waals surface area (Å²) in [5.41, 5.74) is 1.73. The van der Waals surface area contributed by atoms with Crippen LogP contribution < -0.4 is 0 Å². The van der Waals surface area contributed by atoms with Gasteiger partial charge in [-0.05, 0) is 23.1 Å². The summed E-state index contributed by atoms with van der Waals surface area (Å²) in [4.78, 5) is 12.1. The van der Waals surface area contributed by atoms with Crippen LogP contribution in [0.4, 0.5) is 0 Å². The molecule has 0 aliphatic carbocycles. The van der Waals surface area contributed by atoms with Gasteiger partial charge in [0, 0.05) is 10.6 Å². The van der Waals surface area contributed by atoms with E-state index in [0.29, 0.717) is 15.9 Å². The van der Waals surface area contributed by atoms with Gasteiger partial charge in [-0.3, -0.25) is 0 Å². The third-order valence-corrected chi connectivity index (χ3v) is 3.10. The number of nitrogens with zero attached hydrogens (tertiary/aromatic N) is 3. The highest BCUT2D eigenvalue weighted by Crippen LogP contribution is 2.38. The summed E-state index contributed by atoms with van der Waals surface area (Å²) in [7, 11) is 0. The highest BCUT2D eigenvalue weighted by atomic mass is 35.5. The predicted molar refractivity (Wildman–Crippen MR) is 74.0 cm³/mol. The Balaban J connectivity index is 2.74. The summed E-state index contributed by atoms with van der Waals surface area (Å²) < 4.78 is 0. The number of rotatable bonds is 1. The maximum Gasteiger partial charge on any atom is 0.164 e. The highest BCUT2D eigenvalue weighted by Gasteiger charge is 2.23. The first-order chi connectivity index (χ1) is 8.39. The van der Waals surface area contributed by atoms with Gasteiger partial charge in [0.15, 0.2) is 5.82 Å². The van der Waals surface area contributed by atoms with Crippen molar-refractivity contribution in [2.45, 2.75) is 26.2 Å². The van der Waals surface area contributed by atoms with Crippen LogP contribution in [0.3, 0.4) is 0 Å². The minimum Gasteiger partial charge on any atom is -0.225 e. The molecule has 0 saturated carbocycles. The molecule has 0 bridgehead atoms. The molecule has 0 atom stereocenters. The van der Waals surface area contributed by atoms with Crippen molar-refractivity contribution in [1.82, 2.24) is 15.0 Å². The van der Waals surface area contributed by atoms with E-state index in [-0.39, 0.29) is 5.41 Å². The minimum absolute atomic E-state index is 0.101. The molecule has 0 aliphatic rings. The number of hydrogen-bond acceptors (Lipinski definition) is 3. The summed E-state index contributed by atoms with van der Waals surface area (Å²) in [6.07, 6.45) is 2.92. The van der Waals surface area contributed by atoms with Crippen molar-refractivity contribution in [3.8, 4) is 11.4 Å². The van der Waals surface area contributed by atoms with Gasteiger partial charge in [0.25, 0.3) is 0 Å². The molecule has 0 spiro atoms. The molecule has 5 heteroatoms. The number of aromatic nitrogens is 3. The topological polar surface area (TPSA) is 38.7 Å². The first-order valence-corrected chi connectivity index (χ1v) is 6.27. The standard InChI is InChI=1S/C13H13Cl2N3/c1-13(2,3)9-4-8(14)5-10(15)11(9)12-17-6-16-7-18-12/h4-7H,1-3H3. The quantitative estimate of drug-likeness (QED) is 0.789. The van der Waals surface area contributed by atoms with Crippen molar-refractivity contribution >= 4 is 23.2 Å². The van der Waals surface area contributed by atoms with Crippen LogP contribution in [-0.4, -0.2) is 15.0 Å². The second kappa shape index (κ2) is 4.82. The fraction of sp³-hybridized carbons (Fsp3) is 0.308. The highest BCUT2D eigenvalue weighted by molar-refractivity contribution is 6.36. The van der Waals surface area contributed by atoms with Gasteiger partial charge in [0.1, 0.15) is 12.7 Å². The summed E-state index contributed by atoms with van der Waals surface area (Å²) in [6, 6.07) is 3.62. The van der Waals surface area contributed by atoms with E-state index in [1.165, 1.54) is 12.7 Å². The van der Waals surface area contributed by atoms with Gasteiger partial charge in [-0.15, -0.1) is 0 Å². The summed E-state index contributed by atoms with van der Waals surface area (Å²) >= 11 is 12.4. The number of halogens is 2. The second-order valence-corrected chi connectivity index (χ2v) is 5.87. The molecule has 3 nitrogen and oxygen atoms in total. The SMILES string of the molecule is CC(C)(C)c1cc(Cl)cc(Cl)c1-c1ncncn1. The molecule has 1 aromatic carbocycles. The van der Waals surface area contributed by atoms with Crippen LogP contribution in [0.5, 0.6) is 0 Å². The Bertz CT molecular complexity index is 562. The predicted octanol–water partition coefficient (Wildman–Crippen LogP) is 4.14. The molecule has 2 rings (SSSR count). The minimum atomic E-state index is -0.101. The Morgan fingerprint density at radius 3 is 2.17 bits per heavy atom. The van der Waals surface area contributed by atoms with Crippen LogP contribution >= 0.6 is 23.2 Å². The molecule has 0 fully saturated rings. The smallest absolute Gasteiger partial charge is 0.164 e. The van der Waals surface area contributed by atoms with Crippen LogP contribution in [0.25, 0.3) is 11.4 Å². The van der Waals surface area contributed by atoms with Crippen molar-refractivity contribution in [2.75, 3.05) is 0 Å². The summed E-state index contributed by atoms with van der Waals surface area (Å²) in [6.45, 7) is 6.29. The average molecular weight is 282 g/mol. The largest absolute Gasteiger partial charge is 0.225 e. The van der Waals surface area contributed by atoms with E-state index < -0.39 is 0 Å². The van der Waals surface area contributed by atoms with E-state index in [0.717, 1.165) is 11.1 Å². The lowest BCUT2D eigenvalue weighted by molar-refractivity contribution is 0.591. The molecule has 0 aliphatic heterocycles. The molecule has 2 aromatic rings. The lowest BCUT2D eigenvalue weighted by atomic mass is 9.83. The van der Waals surface area contributed by atoms with Crippen molar-refractivity contribution in [2.24, 2.45) is 0 Å². The third kappa shape index (κ3) is 2.62. The zero-order valence-electron chi connectivity index (χ0n) is 10.4. The Morgan fingerprint density at radius 1 is 1.00 bits per heavy atom. The Hall–Kier alpha value is -1.19. The number of benzene rings is 1. The van der Waals surface area contributed by atoms with E-state index >= 15 is 0 Å². The second-order valence-electron chi connectivity index (χ2n) is 5.02. The molecule has 0 amide bonds. The van der Waals surface area contributed by atoms with Gasteiger partial charge in [-0.1, -0.05) is 44.0 Å². The molecule has 0 saturated heterocycles. The molecule has 1 heterocycles. The lowest BCUT2D eigenvalue weighted by Gasteiger charge is -2.23. The molecule has 1 aromatic heterocycles. The maximum absolute atomic E-state index is 6.29. The Kier molecular flexibility index (Phi) is 3.55. The van der Waals surface area contributed by atoms with Gasteiger partial charge < -0.3 is 0 Å². The monoisotopic (exact) mass is 281 g/mol. The van der Waals surface area contributed by atoms with E-state index in [2.05, 4.69) is 35.7 Å². The first kappa shape index (κ1) is 13.2. The zero-order chi connectivity index (χ0) is 13.3. The van der Waals surface area contributed by atoms with Crippen LogP contribution in [-0.2, 0) is 5.41 Å². The Labute approximate surface area is 116 Å². The van der Waals surface area contributed by atoms with E-state index in [4.69, 9.17) is 23.2 Å². The third-order valence-electron chi connectivity index (χ3n) is 2.58. The van der Waals surface area contributed by atoms with Crippen molar-refractivity contribution in [3.63, 3.8) is 0 Å². The van der Waals surface area contributed by atoms with Gasteiger partial charge in [-0.25, -0.2) is 15.0 Å². The van der Waals surface area contributed by atoms with Gasteiger partial charge in [-0.2, -0.15) is 0 Å². The van der Waals surface area contributed by atoms with Gasteiger partial charge in [0.05, 0.1) is 5.02 Å². The average Bonchev–Trinajstić information content (AvgIpc) is 2.28. The van der Waals surface area contributed by atoms with Crippen LogP contribution in [0, 0.1) is 0 Å². The van der Waals surface area contributed by atoms with Crippen molar-refractivity contribution < 1.29 is 0 Å². The van der Waals surface area contributed by atoms with Gasteiger partial charge in [0.2, 0.25) is 0 Å². The molecule has 94 valence electrons. The van der Waals surface area contributed by atoms with Crippen molar-refractivity contribution in [3.05, 3.63) is 40.4 Å². The van der Waals surface area contributed by atoms with E-state index in [1.807, 2.05) is 6.07 Å². The van der Waals surface area contributed by atoms with Crippen LogP contribution in [0.1, 0.15) is 26.3 Å². The molecular formula is C13H13Cl2N3. The van der Waals surface area contributed by atoms with Crippen LogP contribution in [0.2, 0.25) is 10.0 Å². The molecule has 0 unspecified atom stereocenters. The molecule has 18 heavy (non-hydrogen) atoms. The maximum atomic E-state index is 6.29. The van der Waals surface area contributed by atoms with Crippen molar-refractivity contribution in [1.29, 1.82) is 0 Å². The number of hydrogen-bond donors (Lipinski definition) is 0. The zero-order valence-corrected chi connectivity index (χ0v) is 11.9. The van der Waals surface area contributed by atoms with Gasteiger partial charge >= 0.3 is 0 Å². The normalized spacial score (nSPS) is 11.6. The molecular weight excluding hydrogens is 269 g/mol. The fourth-order valence-corrected chi connectivity index (χ4v) is 2.34. The van der Waals surface area contributed by atoms with E-state index in [1.54, 1.807) is 6.07 Å². The fourth-order valence-electron chi connectivity index (χ4n) is 1.76.